The van der Waals surface area contributed by atoms with Gasteiger partial charge in [0.25, 0.3) is 5.91 Å². The summed E-state index contributed by atoms with van der Waals surface area (Å²) in [6.07, 6.45) is 3.38. The second-order valence-corrected chi connectivity index (χ2v) is 6.44. The first-order valence-corrected chi connectivity index (χ1v) is 7.99. The maximum Gasteiger partial charge on any atom is 0.252 e. The fourth-order valence-electron chi connectivity index (χ4n) is 3.42. The van der Waals surface area contributed by atoms with E-state index in [4.69, 9.17) is 0 Å². The van der Waals surface area contributed by atoms with Gasteiger partial charge in [0.15, 0.2) is 0 Å². The van der Waals surface area contributed by atoms with Crippen LogP contribution in [0.3, 0.4) is 0 Å². The molecule has 3 rings (SSSR count). The predicted molar refractivity (Wildman–Crippen MR) is 88.0 cm³/mol. The highest BCUT2D eigenvalue weighted by molar-refractivity contribution is 6.06. The van der Waals surface area contributed by atoms with E-state index in [1.165, 1.54) is 12.5 Å². The molecule has 22 heavy (non-hydrogen) atoms. The Bertz CT molecular complexity index is 750. The van der Waals surface area contributed by atoms with Gasteiger partial charge in [-0.1, -0.05) is 44.9 Å². The minimum absolute atomic E-state index is 0.145. The first-order chi connectivity index (χ1) is 10.6. The molecule has 0 saturated heterocycles. The molecule has 1 heterocycles. The molecule has 1 aromatic carbocycles. The van der Waals surface area contributed by atoms with Crippen molar-refractivity contribution in [3.63, 3.8) is 0 Å². The number of amides is 1. The van der Waals surface area contributed by atoms with E-state index in [1.54, 1.807) is 0 Å². The normalized spacial score (nSPS) is 25.1. The van der Waals surface area contributed by atoms with E-state index in [0.29, 0.717) is 22.9 Å². The Hall–Kier alpha value is -2.10. The van der Waals surface area contributed by atoms with E-state index in [-0.39, 0.29) is 17.5 Å². The third-order valence-electron chi connectivity index (χ3n) is 5.02. The zero-order chi connectivity index (χ0) is 15.7. The number of aromatic amines is 1. The Morgan fingerprint density at radius 1 is 1.23 bits per heavy atom. The largest absolute Gasteiger partial charge is 0.349 e. The third-order valence-corrected chi connectivity index (χ3v) is 5.02. The third kappa shape index (κ3) is 2.78. The van der Waals surface area contributed by atoms with Gasteiger partial charge >= 0.3 is 0 Å². The van der Waals surface area contributed by atoms with Gasteiger partial charge in [-0.25, -0.2) is 0 Å². The molecule has 1 amide bonds. The maximum atomic E-state index is 12.7. The Labute approximate surface area is 129 Å². The van der Waals surface area contributed by atoms with Gasteiger partial charge in [-0.3, -0.25) is 9.59 Å². The molecule has 2 aromatic rings. The van der Waals surface area contributed by atoms with Gasteiger partial charge < -0.3 is 10.3 Å². The lowest BCUT2D eigenvalue weighted by atomic mass is 9.78. The van der Waals surface area contributed by atoms with Crippen LogP contribution >= 0.6 is 0 Å². The zero-order valence-electron chi connectivity index (χ0n) is 13.1. The lowest BCUT2D eigenvalue weighted by Crippen LogP contribution is -2.43. The van der Waals surface area contributed by atoms with Crippen LogP contribution in [0.5, 0.6) is 0 Å². The topological polar surface area (TPSA) is 62.0 Å². The Morgan fingerprint density at radius 2 is 2.00 bits per heavy atom. The molecule has 0 spiro atoms. The number of benzene rings is 1. The standard InChI is InChI=1S/C18H22N2O2/c1-11-6-5-9-15(12(11)2)20-18(22)14-10-17(21)19-16-8-4-3-7-13(14)16/h3-4,7-8,10-12,15H,5-6,9H2,1-2H3,(H,19,21)(H,20,22)/t11-,12-,15-/m1/s1. The van der Waals surface area contributed by atoms with Crippen LogP contribution in [0.15, 0.2) is 35.1 Å². The minimum Gasteiger partial charge on any atom is -0.349 e. The van der Waals surface area contributed by atoms with Crippen molar-refractivity contribution >= 4 is 16.8 Å². The van der Waals surface area contributed by atoms with E-state index < -0.39 is 0 Å². The molecule has 4 heteroatoms. The molecule has 1 aliphatic carbocycles. The minimum atomic E-state index is -0.242. The number of rotatable bonds is 2. The number of nitrogens with one attached hydrogen (secondary N) is 2. The monoisotopic (exact) mass is 298 g/mol. The molecular weight excluding hydrogens is 276 g/mol. The van der Waals surface area contributed by atoms with E-state index in [1.807, 2.05) is 24.3 Å². The lowest BCUT2D eigenvalue weighted by Gasteiger charge is -2.34. The van der Waals surface area contributed by atoms with Gasteiger partial charge in [0, 0.05) is 23.0 Å². The predicted octanol–water partition coefficient (Wildman–Crippen LogP) is 3.08. The second kappa shape index (κ2) is 5.95. The van der Waals surface area contributed by atoms with Crippen molar-refractivity contribution in [1.29, 1.82) is 0 Å². The summed E-state index contributed by atoms with van der Waals surface area (Å²) in [7, 11) is 0. The molecule has 0 unspecified atom stereocenters. The Kier molecular flexibility index (Phi) is 4.01. The molecule has 1 fully saturated rings. The first-order valence-electron chi connectivity index (χ1n) is 7.99. The van der Waals surface area contributed by atoms with E-state index in [9.17, 15) is 9.59 Å². The molecule has 3 atom stereocenters. The Morgan fingerprint density at radius 3 is 2.82 bits per heavy atom. The summed E-state index contributed by atoms with van der Waals surface area (Å²) < 4.78 is 0. The van der Waals surface area contributed by atoms with Gasteiger partial charge in [0.05, 0.1) is 5.56 Å². The average Bonchev–Trinajstić information content (AvgIpc) is 2.51. The smallest absolute Gasteiger partial charge is 0.252 e. The number of para-hydroxylation sites is 1. The Balaban J connectivity index is 1.91. The molecule has 0 radical (unpaired) electrons. The van der Waals surface area contributed by atoms with Crippen molar-refractivity contribution in [2.45, 2.75) is 39.2 Å². The molecular formula is C18H22N2O2. The summed E-state index contributed by atoms with van der Waals surface area (Å²) in [4.78, 5) is 27.2. The average molecular weight is 298 g/mol. The summed E-state index contributed by atoms with van der Waals surface area (Å²) in [5.74, 6) is 0.939. The van der Waals surface area contributed by atoms with Crippen molar-refractivity contribution in [2.75, 3.05) is 0 Å². The number of fused-ring (bicyclic) bond motifs is 1. The molecule has 1 saturated carbocycles. The van der Waals surface area contributed by atoms with E-state index >= 15 is 0 Å². The number of hydrogen-bond acceptors (Lipinski definition) is 2. The molecule has 116 valence electrons. The quantitative estimate of drug-likeness (QED) is 0.895. The van der Waals surface area contributed by atoms with Crippen LogP contribution in [0.4, 0.5) is 0 Å². The summed E-state index contributed by atoms with van der Waals surface area (Å²) in [6.45, 7) is 4.44. The van der Waals surface area contributed by atoms with Crippen LogP contribution in [-0.2, 0) is 0 Å². The summed E-state index contributed by atoms with van der Waals surface area (Å²) in [5, 5.41) is 3.93. The SMILES string of the molecule is C[C@@H]1[C@H](C)CCC[C@H]1NC(=O)c1cc(=O)[nH]c2ccccc12. The van der Waals surface area contributed by atoms with Crippen molar-refractivity contribution in [1.82, 2.24) is 10.3 Å². The van der Waals surface area contributed by atoms with Crippen molar-refractivity contribution in [2.24, 2.45) is 11.8 Å². The first kappa shape index (κ1) is 14.8. The van der Waals surface area contributed by atoms with E-state index in [0.717, 1.165) is 18.2 Å². The van der Waals surface area contributed by atoms with Crippen LogP contribution in [0.25, 0.3) is 10.9 Å². The number of aromatic nitrogens is 1. The van der Waals surface area contributed by atoms with Crippen LogP contribution in [-0.4, -0.2) is 16.9 Å². The van der Waals surface area contributed by atoms with Crippen molar-refractivity contribution in [3.05, 3.63) is 46.2 Å². The number of carbonyl (C=O) groups excluding carboxylic acids is 1. The van der Waals surface area contributed by atoms with Gasteiger partial charge in [-0.2, -0.15) is 0 Å². The molecule has 4 nitrogen and oxygen atoms in total. The second-order valence-electron chi connectivity index (χ2n) is 6.44. The van der Waals surface area contributed by atoms with Crippen LogP contribution < -0.4 is 10.9 Å². The molecule has 2 N–H and O–H groups in total. The summed E-state index contributed by atoms with van der Waals surface area (Å²) >= 11 is 0. The van der Waals surface area contributed by atoms with Crippen molar-refractivity contribution in [3.8, 4) is 0 Å². The number of pyridine rings is 1. The highest BCUT2D eigenvalue weighted by atomic mass is 16.2. The van der Waals surface area contributed by atoms with E-state index in [2.05, 4.69) is 24.1 Å². The summed E-state index contributed by atoms with van der Waals surface area (Å²) in [5.41, 5.74) is 0.920. The van der Waals surface area contributed by atoms with Gasteiger partial charge in [0.2, 0.25) is 5.56 Å². The molecule has 1 aromatic heterocycles. The fraction of sp³-hybridized carbons (Fsp3) is 0.444. The van der Waals surface area contributed by atoms with Crippen molar-refractivity contribution < 1.29 is 4.79 Å². The maximum absolute atomic E-state index is 12.7. The number of hydrogen-bond donors (Lipinski definition) is 2. The zero-order valence-corrected chi connectivity index (χ0v) is 13.1. The molecule has 0 bridgehead atoms. The summed E-state index contributed by atoms with van der Waals surface area (Å²) in [6, 6.07) is 9.00. The fourth-order valence-corrected chi connectivity index (χ4v) is 3.42. The van der Waals surface area contributed by atoms with Gasteiger partial charge in [-0.15, -0.1) is 0 Å². The molecule has 1 aliphatic rings. The van der Waals surface area contributed by atoms with Crippen LogP contribution in [0.1, 0.15) is 43.5 Å². The van der Waals surface area contributed by atoms with Crippen LogP contribution in [0, 0.1) is 11.8 Å². The lowest BCUT2D eigenvalue weighted by molar-refractivity contribution is 0.0892. The number of carbonyl (C=O) groups is 1. The highest BCUT2D eigenvalue weighted by Gasteiger charge is 2.28. The molecule has 0 aliphatic heterocycles. The number of H-pyrrole nitrogens is 1. The van der Waals surface area contributed by atoms with Gasteiger partial charge in [0.1, 0.15) is 0 Å². The highest BCUT2D eigenvalue weighted by Crippen LogP contribution is 2.29. The van der Waals surface area contributed by atoms with Gasteiger partial charge in [-0.05, 0) is 24.3 Å². The van der Waals surface area contributed by atoms with Crippen LogP contribution in [0.2, 0.25) is 0 Å².